The minimum atomic E-state index is -0.868. The predicted molar refractivity (Wildman–Crippen MR) is 78.5 cm³/mol. The molecule has 2 heterocycles. The van der Waals surface area contributed by atoms with Gasteiger partial charge in [-0.2, -0.15) is 5.10 Å². The van der Waals surface area contributed by atoms with E-state index in [1.807, 2.05) is 42.6 Å². The predicted octanol–water partition coefficient (Wildman–Crippen LogP) is 2.64. The molecule has 5 heteroatoms. The summed E-state index contributed by atoms with van der Waals surface area (Å²) in [5.74, 6) is -0.0891. The van der Waals surface area contributed by atoms with Crippen molar-refractivity contribution in [3.63, 3.8) is 0 Å². The topological polar surface area (TPSA) is 63.8 Å². The number of carbonyl (C=O) groups is 1. The highest BCUT2D eigenvalue weighted by Crippen LogP contribution is 2.30. The number of methoxy groups -OCH3 is 1. The lowest BCUT2D eigenvalue weighted by atomic mass is 10.0. The molecule has 3 aromatic rings. The minimum absolute atomic E-state index is 0.0428. The third-order valence-corrected chi connectivity index (χ3v) is 3.36. The number of rotatable bonds is 4. The van der Waals surface area contributed by atoms with Crippen molar-refractivity contribution in [3.8, 4) is 16.9 Å². The van der Waals surface area contributed by atoms with Crippen molar-refractivity contribution in [2.45, 2.75) is 6.42 Å². The minimum Gasteiger partial charge on any atom is -0.496 e. The summed E-state index contributed by atoms with van der Waals surface area (Å²) in [6.45, 7) is 0. The number of carboxylic acid groups (broad SMARTS) is 1. The number of pyridine rings is 1. The van der Waals surface area contributed by atoms with E-state index in [0.29, 0.717) is 5.56 Å². The van der Waals surface area contributed by atoms with Gasteiger partial charge in [0.1, 0.15) is 5.75 Å². The van der Waals surface area contributed by atoms with E-state index in [0.717, 1.165) is 22.4 Å². The van der Waals surface area contributed by atoms with Crippen LogP contribution >= 0.6 is 0 Å². The van der Waals surface area contributed by atoms with E-state index in [-0.39, 0.29) is 6.42 Å². The molecule has 0 saturated carbocycles. The standard InChI is InChI=1S/C16H14N2O3/c1-21-15-5-3-2-4-13(15)11-6-7-18-14(8-11)12(10-17-18)9-16(19)20/h2-8,10H,9H2,1H3,(H,19,20). The molecule has 0 bridgehead atoms. The third-order valence-electron chi connectivity index (χ3n) is 3.36. The summed E-state index contributed by atoms with van der Waals surface area (Å²) in [6.07, 6.45) is 3.37. The molecule has 0 radical (unpaired) electrons. The molecule has 0 spiro atoms. The Balaban J connectivity index is 2.13. The second-order valence-corrected chi connectivity index (χ2v) is 4.69. The van der Waals surface area contributed by atoms with Crippen LogP contribution in [0.2, 0.25) is 0 Å². The van der Waals surface area contributed by atoms with Gasteiger partial charge in [0.25, 0.3) is 0 Å². The fraction of sp³-hybridized carbons (Fsp3) is 0.125. The largest absolute Gasteiger partial charge is 0.496 e. The van der Waals surface area contributed by atoms with Crippen molar-refractivity contribution >= 4 is 11.5 Å². The summed E-state index contributed by atoms with van der Waals surface area (Å²) >= 11 is 0. The molecule has 3 rings (SSSR count). The van der Waals surface area contributed by atoms with E-state index in [1.165, 1.54) is 0 Å². The summed E-state index contributed by atoms with van der Waals surface area (Å²) in [7, 11) is 1.63. The lowest BCUT2D eigenvalue weighted by molar-refractivity contribution is -0.136. The molecule has 1 aromatic carbocycles. The lowest BCUT2D eigenvalue weighted by Crippen LogP contribution is -1.99. The Morgan fingerprint density at radius 1 is 1.33 bits per heavy atom. The van der Waals surface area contributed by atoms with Crippen molar-refractivity contribution in [2.24, 2.45) is 0 Å². The highest BCUT2D eigenvalue weighted by atomic mass is 16.5. The van der Waals surface area contributed by atoms with E-state index in [1.54, 1.807) is 17.8 Å². The highest BCUT2D eigenvalue weighted by Gasteiger charge is 2.11. The zero-order valence-electron chi connectivity index (χ0n) is 11.5. The van der Waals surface area contributed by atoms with Crippen LogP contribution in [0.1, 0.15) is 5.56 Å². The number of hydrogen-bond acceptors (Lipinski definition) is 3. The summed E-state index contributed by atoms with van der Waals surface area (Å²) in [5, 5.41) is 13.1. The molecule has 0 atom stereocenters. The first-order chi connectivity index (χ1) is 10.2. The number of fused-ring (bicyclic) bond motifs is 1. The first-order valence-corrected chi connectivity index (χ1v) is 6.50. The van der Waals surface area contributed by atoms with Crippen molar-refractivity contribution in [2.75, 3.05) is 7.11 Å². The number of aliphatic carboxylic acids is 1. The van der Waals surface area contributed by atoms with Gasteiger partial charge >= 0.3 is 5.97 Å². The van der Waals surface area contributed by atoms with Crippen molar-refractivity contribution in [1.29, 1.82) is 0 Å². The van der Waals surface area contributed by atoms with Gasteiger partial charge in [0.2, 0.25) is 0 Å². The van der Waals surface area contributed by atoms with Gasteiger partial charge in [-0.1, -0.05) is 18.2 Å². The van der Waals surface area contributed by atoms with Gasteiger partial charge in [-0.05, 0) is 23.8 Å². The molecule has 5 nitrogen and oxygen atoms in total. The summed E-state index contributed by atoms with van der Waals surface area (Å²) in [6, 6.07) is 11.6. The molecule has 0 amide bonds. The van der Waals surface area contributed by atoms with Crippen LogP contribution in [0.3, 0.4) is 0 Å². The van der Waals surface area contributed by atoms with Crippen LogP contribution in [0.4, 0.5) is 0 Å². The number of nitrogens with zero attached hydrogens (tertiary/aromatic N) is 2. The lowest BCUT2D eigenvalue weighted by Gasteiger charge is -2.08. The van der Waals surface area contributed by atoms with Crippen molar-refractivity contribution in [1.82, 2.24) is 9.61 Å². The number of aromatic nitrogens is 2. The molecular weight excluding hydrogens is 268 g/mol. The fourth-order valence-corrected chi connectivity index (χ4v) is 2.38. The monoisotopic (exact) mass is 282 g/mol. The molecular formula is C16H14N2O3. The molecule has 0 unspecified atom stereocenters. The van der Waals surface area contributed by atoms with Crippen LogP contribution in [0.25, 0.3) is 16.6 Å². The molecule has 0 aliphatic carbocycles. The average Bonchev–Trinajstić information content (AvgIpc) is 2.89. The van der Waals surface area contributed by atoms with Crippen LogP contribution in [0, 0.1) is 0 Å². The molecule has 0 fully saturated rings. The Labute approximate surface area is 121 Å². The molecule has 0 saturated heterocycles. The van der Waals surface area contributed by atoms with Crippen LogP contribution < -0.4 is 4.74 Å². The number of ether oxygens (including phenoxy) is 1. The Morgan fingerprint density at radius 3 is 2.90 bits per heavy atom. The Kier molecular flexibility index (Phi) is 3.31. The molecule has 2 aromatic heterocycles. The maximum absolute atomic E-state index is 10.9. The van der Waals surface area contributed by atoms with Crippen molar-refractivity contribution < 1.29 is 14.6 Å². The zero-order valence-corrected chi connectivity index (χ0v) is 11.5. The average molecular weight is 282 g/mol. The van der Waals surface area contributed by atoms with Crippen LogP contribution in [0.5, 0.6) is 5.75 Å². The fourth-order valence-electron chi connectivity index (χ4n) is 2.38. The molecule has 0 aliphatic rings. The van der Waals surface area contributed by atoms with Gasteiger partial charge in [0, 0.05) is 17.3 Å². The van der Waals surface area contributed by atoms with Gasteiger partial charge < -0.3 is 9.84 Å². The smallest absolute Gasteiger partial charge is 0.307 e. The zero-order chi connectivity index (χ0) is 14.8. The molecule has 0 aliphatic heterocycles. The quantitative estimate of drug-likeness (QED) is 0.799. The van der Waals surface area contributed by atoms with Gasteiger partial charge in [-0.3, -0.25) is 4.79 Å². The van der Waals surface area contributed by atoms with Gasteiger partial charge in [0.15, 0.2) is 0 Å². The van der Waals surface area contributed by atoms with Crippen molar-refractivity contribution in [3.05, 3.63) is 54.4 Å². The summed E-state index contributed by atoms with van der Waals surface area (Å²) in [5.41, 5.74) is 3.41. The Hall–Kier alpha value is -2.82. The van der Waals surface area contributed by atoms with E-state index in [4.69, 9.17) is 9.84 Å². The van der Waals surface area contributed by atoms with E-state index in [9.17, 15) is 4.79 Å². The number of hydrogen-bond donors (Lipinski definition) is 1. The molecule has 21 heavy (non-hydrogen) atoms. The Bertz CT molecular complexity index is 808. The van der Waals surface area contributed by atoms with Crippen LogP contribution in [0.15, 0.2) is 48.8 Å². The number of carboxylic acids is 1. The summed E-state index contributed by atoms with van der Waals surface area (Å²) in [4.78, 5) is 10.9. The third kappa shape index (κ3) is 2.45. The first kappa shape index (κ1) is 13.2. The summed E-state index contributed by atoms with van der Waals surface area (Å²) < 4.78 is 7.05. The maximum Gasteiger partial charge on any atom is 0.307 e. The second-order valence-electron chi connectivity index (χ2n) is 4.69. The van der Waals surface area contributed by atoms with E-state index < -0.39 is 5.97 Å². The van der Waals surface area contributed by atoms with E-state index >= 15 is 0 Å². The van der Waals surface area contributed by atoms with Gasteiger partial charge in [0.05, 0.1) is 25.2 Å². The number of para-hydroxylation sites is 1. The van der Waals surface area contributed by atoms with Crippen LogP contribution in [-0.2, 0) is 11.2 Å². The molecule has 106 valence electrons. The maximum atomic E-state index is 10.9. The van der Waals surface area contributed by atoms with Gasteiger partial charge in [-0.25, -0.2) is 4.52 Å². The highest BCUT2D eigenvalue weighted by molar-refractivity contribution is 5.78. The van der Waals surface area contributed by atoms with Gasteiger partial charge in [-0.15, -0.1) is 0 Å². The second kappa shape index (κ2) is 5.28. The normalized spacial score (nSPS) is 10.7. The first-order valence-electron chi connectivity index (χ1n) is 6.50. The SMILES string of the molecule is COc1ccccc1-c1ccn2ncc(CC(=O)O)c2c1. The van der Waals surface area contributed by atoms with Crippen LogP contribution in [-0.4, -0.2) is 27.8 Å². The van der Waals surface area contributed by atoms with E-state index in [2.05, 4.69) is 5.10 Å². The number of benzene rings is 1. The Morgan fingerprint density at radius 2 is 2.14 bits per heavy atom. The molecule has 1 N–H and O–H groups in total.